The fourth-order valence-electron chi connectivity index (χ4n) is 2.73. The lowest BCUT2D eigenvalue weighted by molar-refractivity contribution is -0.387. The zero-order chi connectivity index (χ0) is 16.5. The highest BCUT2D eigenvalue weighted by Crippen LogP contribution is 2.33. The van der Waals surface area contributed by atoms with E-state index in [2.05, 4.69) is 0 Å². The summed E-state index contributed by atoms with van der Waals surface area (Å²) in [4.78, 5) is 10.1. The van der Waals surface area contributed by atoms with Gasteiger partial charge in [-0.1, -0.05) is 18.0 Å². The highest BCUT2D eigenvalue weighted by molar-refractivity contribution is 7.89. The quantitative estimate of drug-likeness (QED) is 0.663. The van der Waals surface area contributed by atoms with Crippen LogP contribution in [0.3, 0.4) is 0 Å². The number of piperidine rings is 1. The van der Waals surface area contributed by atoms with Crippen LogP contribution < -0.4 is 5.73 Å². The van der Waals surface area contributed by atoms with E-state index in [-0.39, 0.29) is 22.0 Å². The number of nitro groups is 1. The lowest BCUT2D eigenvalue weighted by Crippen LogP contribution is -2.51. The van der Waals surface area contributed by atoms with Crippen molar-refractivity contribution < 1.29 is 13.3 Å². The molecule has 2 rings (SSSR count). The van der Waals surface area contributed by atoms with Crippen molar-refractivity contribution in [2.45, 2.75) is 43.2 Å². The number of nitrogens with two attached hydrogens (primary N) is 1. The SMILES string of the molecule is CC(N)C1CCCCN1S(=O)(=O)c1ccc(Cl)cc1[N+](=O)[O-]. The van der Waals surface area contributed by atoms with E-state index in [0.29, 0.717) is 19.4 Å². The normalized spacial score (nSPS) is 21.5. The van der Waals surface area contributed by atoms with E-state index in [1.165, 1.54) is 16.4 Å². The topological polar surface area (TPSA) is 107 Å². The Bertz CT molecular complexity index is 678. The van der Waals surface area contributed by atoms with Crippen LogP contribution in [0.4, 0.5) is 5.69 Å². The Kier molecular flexibility index (Phi) is 5.06. The molecule has 2 unspecified atom stereocenters. The molecule has 1 aromatic carbocycles. The molecule has 122 valence electrons. The Labute approximate surface area is 134 Å². The number of benzene rings is 1. The van der Waals surface area contributed by atoms with Crippen molar-refractivity contribution in [3.8, 4) is 0 Å². The highest BCUT2D eigenvalue weighted by Gasteiger charge is 2.38. The Morgan fingerprint density at radius 1 is 1.45 bits per heavy atom. The molecule has 1 aromatic rings. The van der Waals surface area contributed by atoms with Gasteiger partial charge in [0.2, 0.25) is 10.0 Å². The predicted molar refractivity (Wildman–Crippen MR) is 83.3 cm³/mol. The first-order valence-electron chi connectivity index (χ1n) is 6.96. The third-order valence-electron chi connectivity index (χ3n) is 3.81. The Balaban J connectivity index is 2.52. The van der Waals surface area contributed by atoms with Crippen molar-refractivity contribution in [1.29, 1.82) is 0 Å². The molecule has 0 aromatic heterocycles. The number of nitrogens with zero attached hydrogens (tertiary/aromatic N) is 2. The van der Waals surface area contributed by atoms with Gasteiger partial charge in [0.05, 0.1) is 4.92 Å². The molecule has 0 aliphatic carbocycles. The maximum atomic E-state index is 12.9. The van der Waals surface area contributed by atoms with Gasteiger partial charge in [-0.2, -0.15) is 4.31 Å². The molecule has 1 aliphatic rings. The lowest BCUT2D eigenvalue weighted by atomic mass is 10.00. The van der Waals surface area contributed by atoms with Crippen molar-refractivity contribution in [2.24, 2.45) is 5.73 Å². The monoisotopic (exact) mass is 347 g/mol. The summed E-state index contributed by atoms with van der Waals surface area (Å²) in [6.07, 6.45) is 2.25. The maximum Gasteiger partial charge on any atom is 0.290 e. The van der Waals surface area contributed by atoms with Crippen LogP contribution in [0.25, 0.3) is 0 Å². The molecule has 2 atom stereocenters. The Hall–Kier alpha value is -1.22. The second-order valence-corrected chi connectivity index (χ2v) is 7.70. The summed E-state index contributed by atoms with van der Waals surface area (Å²) >= 11 is 5.74. The fraction of sp³-hybridized carbons (Fsp3) is 0.538. The first kappa shape index (κ1) is 17.1. The van der Waals surface area contributed by atoms with Gasteiger partial charge in [-0.05, 0) is 31.9 Å². The Morgan fingerprint density at radius 3 is 2.73 bits per heavy atom. The molecule has 0 bridgehead atoms. The molecule has 1 aliphatic heterocycles. The van der Waals surface area contributed by atoms with Crippen LogP contribution in [0.1, 0.15) is 26.2 Å². The molecular formula is C13H18ClN3O4S. The molecule has 1 fully saturated rings. The van der Waals surface area contributed by atoms with E-state index in [1.54, 1.807) is 6.92 Å². The molecular weight excluding hydrogens is 330 g/mol. The number of nitro benzene ring substituents is 1. The van der Waals surface area contributed by atoms with E-state index >= 15 is 0 Å². The van der Waals surface area contributed by atoms with Crippen LogP contribution in [0.15, 0.2) is 23.1 Å². The third-order valence-corrected chi connectivity index (χ3v) is 6.02. The third kappa shape index (κ3) is 3.24. The minimum absolute atomic E-state index is 0.119. The molecule has 1 saturated heterocycles. The van der Waals surface area contributed by atoms with Gasteiger partial charge in [0.15, 0.2) is 4.90 Å². The van der Waals surface area contributed by atoms with Crippen molar-refractivity contribution in [3.05, 3.63) is 33.3 Å². The van der Waals surface area contributed by atoms with Crippen LogP contribution in [0, 0.1) is 10.1 Å². The number of hydrogen-bond donors (Lipinski definition) is 1. The van der Waals surface area contributed by atoms with E-state index in [9.17, 15) is 18.5 Å². The first-order chi connectivity index (χ1) is 10.2. The standard InChI is InChI=1S/C13H18ClN3O4S/c1-9(15)11-4-2-3-7-16(11)22(20,21)13-6-5-10(14)8-12(13)17(18)19/h5-6,8-9,11H,2-4,7,15H2,1H3. The average Bonchev–Trinajstić information content (AvgIpc) is 2.46. The first-order valence-corrected chi connectivity index (χ1v) is 8.78. The summed E-state index contributed by atoms with van der Waals surface area (Å²) in [5, 5.41) is 11.3. The van der Waals surface area contributed by atoms with Gasteiger partial charge < -0.3 is 5.73 Å². The molecule has 0 amide bonds. The largest absolute Gasteiger partial charge is 0.326 e. The number of halogens is 1. The Morgan fingerprint density at radius 2 is 2.14 bits per heavy atom. The van der Waals surface area contributed by atoms with Crippen molar-refractivity contribution in [1.82, 2.24) is 4.31 Å². The summed E-state index contributed by atoms with van der Waals surface area (Å²) in [5.41, 5.74) is 5.38. The van der Waals surface area contributed by atoms with Gasteiger partial charge in [0.25, 0.3) is 5.69 Å². The second-order valence-electron chi connectivity index (χ2n) is 5.41. The molecule has 7 nitrogen and oxygen atoms in total. The summed E-state index contributed by atoms with van der Waals surface area (Å²) in [7, 11) is -4.00. The molecule has 0 saturated carbocycles. The fourth-order valence-corrected chi connectivity index (χ4v) is 4.81. The second kappa shape index (κ2) is 6.49. The van der Waals surface area contributed by atoms with Gasteiger partial charge in [-0.15, -0.1) is 0 Å². The molecule has 0 spiro atoms. The molecule has 22 heavy (non-hydrogen) atoms. The van der Waals surface area contributed by atoms with Crippen LogP contribution in [0.2, 0.25) is 5.02 Å². The lowest BCUT2D eigenvalue weighted by Gasteiger charge is -2.36. The minimum Gasteiger partial charge on any atom is -0.326 e. The zero-order valence-corrected chi connectivity index (χ0v) is 13.7. The van der Waals surface area contributed by atoms with Gasteiger partial charge in [0, 0.05) is 29.7 Å². The summed E-state index contributed by atoms with van der Waals surface area (Å²) < 4.78 is 27.0. The maximum absolute atomic E-state index is 12.9. The molecule has 0 radical (unpaired) electrons. The summed E-state index contributed by atoms with van der Waals surface area (Å²) in [5.74, 6) is 0. The van der Waals surface area contributed by atoms with Gasteiger partial charge >= 0.3 is 0 Å². The van der Waals surface area contributed by atoms with Crippen LogP contribution in [-0.4, -0.2) is 36.3 Å². The van der Waals surface area contributed by atoms with Crippen molar-refractivity contribution in [3.63, 3.8) is 0 Å². The predicted octanol–water partition coefficient (Wildman–Crippen LogP) is 2.14. The molecule has 9 heteroatoms. The van der Waals surface area contributed by atoms with E-state index < -0.39 is 20.6 Å². The number of rotatable bonds is 4. The molecule has 2 N–H and O–H groups in total. The number of sulfonamides is 1. The number of hydrogen-bond acceptors (Lipinski definition) is 5. The van der Waals surface area contributed by atoms with E-state index in [4.69, 9.17) is 17.3 Å². The van der Waals surface area contributed by atoms with Crippen molar-refractivity contribution in [2.75, 3.05) is 6.54 Å². The van der Waals surface area contributed by atoms with E-state index in [1.807, 2.05) is 0 Å². The van der Waals surface area contributed by atoms with Crippen LogP contribution in [0.5, 0.6) is 0 Å². The van der Waals surface area contributed by atoms with Crippen LogP contribution in [-0.2, 0) is 10.0 Å². The van der Waals surface area contributed by atoms with Gasteiger partial charge in [0.1, 0.15) is 0 Å². The van der Waals surface area contributed by atoms with Gasteiger partial charge in [-0.3, -0.25) is 10.1 Å². The van der Waals surface area contributed by atoms with Gasteiger partial charge in [-0.25, -0.2) is 8.42 Å². The smallest absolute Gasteiger partial charge is 0.290 e. The molecule has 1 heterocycles. The zero-order valence-electron chi connectivity index (χ0n) is 12.1. The highest BCUT2D eigenvalue weighted by atomic mass is 35.5. The van der Waals surface area contributed by atoms with Crippen molar-refractivity contribution >= 4 is 27.3 Å². The van der Waals surface area contributed by atoms with Crippen LogP contribution >= 0.6 is 11.6 Å². The van der Waals surface area contributed by atoms with E-state index in [0.717, 1.165) is 12.5 Å². The average molecular weight is 348 g/mol. The summed E-state index contributed by atoms with van der Waals surface area (Å²) in [6.45, 7) is 2.06. The summed E-state index contributed by atoms with van der Waals surface area (Å²) in [6, 6.07) is 2.88. The minimum atomic E-state index is -4.00.